The lowest BCUT2D eigenvalue weighted by Gasteiger charge is -2.15. The molecule has 6 nitrogen and oxygen atoms in total. The zero-order valence-corrected chi connectivity index (χ0v) is 20.5. The highest BCUT2D eigenvalue weighted by atomic mass is 127. The monoisotopic (exact) mass is 575 g/mol. The van der Waals surface area contributed by atoms with Crippen LogP contribution in [0.15, 0.2) is 91.1 Å². The van der Waals surface area contributed by atoms with E-state index in [-0.39, 0.29) is 5.56 Å². The van der Waals surface area contributed by atoms with E-state index in [2.05, 4.69) is 13.8 Å². The molecule has 0 aliphatic heterocycles. The van der Waals surface area contributed by atoms with Crippen LogP contribution >= 0.6 is 22.9 Å². The van der Waals surface area contributed by atoms with Crippen molar-refractivity contribution in [1.29, 1.82) is 0 Å². The van der Waals surface area contributed by atoms with Crippen LogP contribution in [-0.2, 0) is 6.54 Å². The molecule has 0 saturated heterocycles. The summed E-state index contributed by atoms with van der Waals surface area (Å²) >= 11 is 1.69. The third-order valence-corrected chi connectivity index (χ3v) is 6.02. The van der Waals surface area contributed by atoms with Crippen LogP contribution in [0.4, 0.5) is 10.2 Å². The van der Waals surface area contributed by atoms with Crippen molar-refractivity contribution in [2.45, 2.75) is 6.54 Å². The lowest BCUT2D eigenvalue weighted by molar-refractivity contribution is 0.0986. The summed E-state index contributed by atoms with van der Waals surface area (Å²) in [7, 11) is 0. The van der Waals surface area contributed by atoms with Gasteiger partial charge in [-0.15, -0.1) is 0 Å². The fourth-order valence-corrected chi connectivity index (χ4v) is 4.16. The molecule has 1 amide bonds. The van der Waals surface area contributed by atoms with Gasteiger partial charge in [0, 0.05) is 11.8 Å². The average Bonchev–Trinajstić information content (AvgIpc) is 2.92. The number of carbonyl (C=O) groups is 1. The highest BCUT2D eigenvalue weighted by molar-refractivity contribution is 14.1. The number of fused-ring (bicyclic) bond motifs is 1. The van der Waals surface area contributed by atoms with Gasteiger partial charge in [-0.2, -0.15) is 0 Å². The molecule has 2 heterocycles. The Balaban J connectivity index is 1.68. The minimum absolute atomic E-state index is 0.0679. The fraction of sp³-hybridized carbons (Fsp3) is 0.0370. The van der Waals surface area contributed by atoms with E-state index in [1.165, 1.54) is 12.1 Å². The van der Waals surface area contributed by atoms with Crippen LogP contribution in [-0.4, -0.2) is 20.9 Å². The van der Waals surface area contributed by atoms with Crippen molar-refractivity contribution in [3.63, 3.8) is 0 Å². The molecule has 2 aromatic heterocycles. The molecule has 3 aromatic carbocycles. The molecule has 2 N–H and O–H groups in total. The maximum Gasteiger partial charge on any atom is 0.262 e. The van der Waals surface area contributed by atoms with Gasteiger partial charge in [0.05, 0.1) is 51.6 Å². The van der Waals surface area contributed by atoms with Crippen molar-refractivity contribution in [3.8, 4) is 22.5 Å². The predicted octanol–water partition coefficient (Wildman–Crippen LogP) is 6.19. The zero-order valence-electron chi connectivity index (χ0n) is 18.4. The number of anilines is 1. The molecule has 0 atom stereocenters. The van der Waals surface area contributed by atoms with Crippen molar-refractivity contribution >= 4 is 45.5 Å². The summed E-state index contributed by atoms with van der Waals surface area (Å²) in [5, 5.41) is 4.28. The summed E-state index contributed by atoms with van der Waals surface area (Å²) in [4.78, 5) is 26.1. The van der Waals surface area contributed by atoms with Gasteiger partial charge in [0.2, 0.25) is 0 Å². The van der Waals surface area contributed by atoms with Crippen LogP contribution in [0.1, 0.15) is 16.1 Å². The number of rotatable bonds is 6. The molecule has 0 bridgehead atoms. The molecule has 0 spiro atoms. The number of hydrogen-bond acceptors (Lipinski definition) is 5. The maximum absolute atomic E-state index is 14.3. The van der Waals surface area contributed by atoms with Gasteiger partial charge in [0.1, 0.15) is 11.6 Å². The van der Waals surface area contributed by atoms with Crippen molar-refractivity contribution in [2.75, 3.05) is 5.32 Å². The molecule has 0 saturated carbocycles. The van der Waals surface area contributed by atoms with E-state index >= 15 is 0 Å². The van der Waals surface area contributed by atoms with Gasteiger partial charge in [0.15, 0.2) is 5.82 Å². The van der Waals surface area contributed by atoms with Gasteiger partial charge < -0.3 is 5.32 Å². The van der Waals surface area contributed by atoms with Gasteiger partial charge in [-0.05, 0) is 47.5 Å². The number of hydrogen-bond donors (Lipinski definition) is 2. The molecular weight excluding hydrogens is 556 g/mol. The second-order valence-electron chi connectivity index (χ2n) is 7.75. The minimum atomic E-state index is -0.608. The van der Waals surface area contributed by atoms with Gasteiger partial charge in [-0.3, -0.25) is 13.3 Å². The predicted molar refractivity (Wildman–Crippen MR) is 143 cm³/mol. The molecule has 5 aromatic rings. The molecule has 0 unspecified atom stereocenters. The van der Waals surface area contributed by atoms with Gasteiger partial charge in [0.25, 0.3) is 5.91 Å². The normalized spacial score (nSPS) is 10.8. The first-order valence-corrected chi connectivity index (χ1v) is 11.9. The lowest BCUT2D eigenvalue weighted by atomic mass is 10.0. The standard InChI is InChI=1S/C27H19FIN5O/c28-22-13-12-18(15-21(22)27(35)34-29)25-32-23-11-6-10-20(17-7-2-1-3-8-17)24(23)26(33-25)31-16-19-9-4-5-14-30-19/h1-15H,16H2,(H,34,35)(H,31,32,33). The average molecular weight is 575 g/mol. The Hall–Kier alpha value is -3.92. The van der Waals surface area contributed by atoms with E-state index in [9.17, 15) is 9.18 Å². The molecular formula is C27H19FIN5O. The van der Waals surface area contributed by atoms with Crippen LogP contribution in [0.3, 0.4) is 0 Å². The van der Waals surface area contributed by atoms with E-state index in [1.807, 2.05) is 66.7 Å². The summed E-state index contributed by atoms with van der Waals surface area (Å²) < 4.78 is 16.7. The summed E-state index contributed by atoms with van der Waals surface area (Å²) in [6.45, 7) is 0.460. The van der Waals surface area contributed by atoms with Crippen molar-refractivity contribution in [3.05, 3.63) is 108 Å². The third kappa shape index (κ3) is 4.83. The summed E-state index contributed by atoms with van der Waals surface area (Å²) in [5.74, 6) is -0.123. The second kappa shape index (κ2) is 10.1. The van der Waals surface area contributed by atoms with E-state index in [1.54, 1.807) is 35.1 Å². The number of benzene rings is 3. The smallest absolute Gasteiger partial charge is 0.262 e. The molecule has 0 aliphatic carbocycles. The number of halogens is 2. The van der Waals surface area contributed by atoms with E-state index < -0.39 is 11.7 Å². The molecule has 8 heteroatoms. The quantitative estimate of drug-likeness (QED) is 0.187. The summed E-state index contributed by atoms with van der Waals surface area (Å²) in [5.41, 5.74) is 4.08. The van der Waals surface area contributed by atoms with Crippen molar-refractivity contribution < 1.29 is 9.18 Å². The van der Waals surface area contributed by atoms with E-state index in [0.717, 1.165) is 27.7 Å². The highest BCUT2D eigenvalue weighted by Gasteiger charge is 2.17. The molecule has 5 rings (SSSR count). The topological polar surface area (TPSA) is 79.8 Å². The fourth-order valence-electron chi connectivity index (χ4n) is 3.86. The van der Waals surface area contributed by atoms with Crippen molar-refractivity contribution in [1.82, 2.24) is 18.5 Å². The highest BCUT2D eigenvalue weighted by Crippen LogP contribution is 2.34. The first kappa shape index (κ1) is 22.9. The Bertz CT molecular complexity index is 1510. The Kier molecular flexibility index (Phi) is 6.62. The number of nitrogens with one attached hydrogen (secondary N) is 2. The van der Waals surface area contributed by atoms with Crippen LogP contribution in [0.25, 0.3) is 33.4 Å². The van der Waals surface area contributed by atoms with E-state index in [0.29, 0.717) is 23.8 Å². The molecule has 0 aliphatic rings. The Morgan fingerprint density at radius 2 is 1.71 bits per heavy atom. The van der Waals surface area contributed by atoms with Gasteiger partial charge in [-0.25, -0.2) is 14.4 Å². The number of aromatic nitrogens is 3. The Labute approximate surface area is 215 Å². The minimum Gasteiger partial charge on any atom is -0.364 e. The van der Waals surface area contributed by atoms with Crippen LogP contribution in [0.5, 0.6) is 0 Å². The number of nitrogens with zero attached hydrogens (tertiary/aromatic N) is 3. The zero-order chi connectivity index (χ0) is 24.2. The molecule has 35 heavy (non-hydrogen) atoms. The molecule has 0 radical (unpaired) electrons. The maximum atomic E-state index is 14.3. The summed E-state index contributed by atoms with van der Waals surface area (Å²) in [6, 6.07) is 26.0. The molecule has 172 valence electrons. The van der Waals surface area contributed by atoms with Crippen LogP contribution in [0.2, 0.25) is 0 Å². The van der Waals surface area contributed by atoms with Gasteiger partial charge >= 0.3 is 0 Å². The lowest BCUT2D eigenvalue weighted by Crippen LogP contribution is -2.14. The van der Waals surface area contributed by atoms with Crippen molar-refractivity contribution in [2.24, 2.45) is 0 Å². The first-order chi connectivity index (χ1) is 17.1. The summed E-state index contributed by atoms with van der Waals surface area (Å²) in [6.07, 6.45) is 1.74. The second-order valence-corrected chi connectivity index (χ2v) is 8.29. The molecule has 0 fully saturated rings. The van der Waals surface area contributed by atoms with Crippen LogP contribution < -0.4 is 8.85 Å². The Morgan fingerprint density at radius 1 is 0.886 bits per heavy atom. The first-order valence-electron chi connectivity index (χ1n) is 10.8. The Morgan fingerprint density at radius 3 is 2.49 bits per heavy atom. The van der Waals surface area contributed by atoms with Gasteiger partial charge in [-0.1, -0.05) is 48.5 Å². The number of pyridine rings is 1. The van der Waals surface area contributed by atoms with E-state index in [4.69, 9.17) is 9.97 Å². The number of carbonyl (C=O) groups excluding carboxylic acids is 1. The van der Waals surface area contributed by atoms with Crippen LogP contribution in [0, 0.1) is 5.82 Å². The largest absolute Gasteiger partial charge is 0.364 e. The third-order valence-electron chi connectivity index (χ3n) is 5.53. The number of amides is 1. The SMILES string of the molecule is O=C(NI)c1cc(-c2nc(NCc3ccccn3)c3c(-c4ccccc4)cccc3n2)ccc1F.